The Morgan fingerprint density at radius 2 is 1.53 bits per heavy atom. The van der Waals surface area contributed by atoms with Crippen LogP contribution in [0.4, 0.5) is 0 Å². The van der Waals surface area contributed by atoms with E-state index < -0.39 is 11.6 Å². The van der Waals surface area contributed by atoms with Gasteiger partial charge in [-0.1, -0.05) is 34.7 Å². The molecule has 0 aromatic carbocycles. The molecule has 0 aromatic heterocycles. The first-order chi connectivity index (χ1) is 6.54. The maximum Gasteiger partial charge on any atom is 0.122 e. The molecule has 1 aliphatic rings. The molecular weight excluding hydrogens is 239 g/mol. The molecule has 0 spiro atoms. The van der Waals surface area contributed by atoms with Crippen molar-refractivity contribution < 1.29 is 16.8 Å². The number of nitroso groups, excluding NO2 is 2. The summed E-state index contributed by atoms with van der Waals surface area (Å²) in [7, 11) is 0. The number of hydrogen-bond donors (Lipinski definition) is 0. The molecule has 0 saturated carbocycles. The Bertz CT molecular complexity index is 240. The zero-order chi connectivity index (χ0) is 11.0. The van der Waals surface area contributed by atoms with E-state index in [9.17, 15) is 9.81 Å². The van der Waals surface area contributed by atoms with Gasteiger partial charge in [-0.2, -0.15) is 9.81 Å². The smallest absolute Gasteiger partial charge is 0.122 e. The first-order valence-corrected chi connectivity index (χ1v) is 4.38. The topological polar surface area (TPSA) is 58.9 Å². The van der Waals surface area contributed by atoms with Crippen LogP contribution < -0.4 is 0 Å². The standard InChI is InChI=1S/C5H10N2O2.C5H5.Co/c1-4(6-8)5(2,3)7-9;1-2-4-5-3-1;/h4H,1-3H3;1-5H;. The maximum absolute atomic E-state index is 9.98. The van der Waals surface area contributed by atoms with Crippen molar-refractivity contribution >= 4 is 0 Å². The molecule has 0 saturated heterocycles. The van der Waals surface area contributed by atoms with Crippen LogP contribution in [0, 0.1) is 16.2 Å². The molecule has 0 aromatic rings. The molecule has 1 aliphatic carbocycles. The van der Waals surface area contributed by atoms with Gasteiger partial charge in [-0.25, -0.2) is 0 Å². The van der Waals surface area contributed by atoms with Crippen LogP contribution in [0.15, 0.2) is 34.7 Å². The largest absolute Gasteiger partial charge is 0.150 e. The number of nitrogens with zero attached hydrogens (tertiary/aromatic N) is 2. The minimum absolute atomic E-state index is 0. The third-order valence-corrected chi connectivity index (χ3v) is 1.97. The molecule has 5 heteroatoms. The number of rotatable bonds is 3. The first-order valence-electron chi connectivity index (χ1n) is 4.38. The average molecular weight is 254 g/mol. The molecular formula is C10H15CoN2O2. The normalized spacial score (nSPS) is 14.6. The van der Waals surface area contributed by atoms with E-state index in [0.717, 1.165) is 0 Å². The zero-order valence-electron chi connectivity index (χ0n) is 9.01. The minimum Gasteiger partial charge on any atom is -0.150 e. The second kappa shape index (κ2) is 8.49. The molecule has 1 atom stereocenters. The van der Waals surface area contributed by atoms with Crippen molar-refractivity contribution in [3.63, 3.8) is 0 Å². The zero-order valence-corrected chi connectivity index (χ0v) is 10.0. The van der Waals surface area contributed by atoms with E-state index in [-0.39, 0.29) is 16.8 Å². The molecule has 15 heavy (non-hydrogen) atoms. The summed E-state index contributed by atoms with van der Waals surface area (Å²) in [5.41, 5.74) is -0.859. The first kappa shape index (κ1) is 16.6. The summed E-state index contributed by atoms with van der Waals surface area (Å²) >= 11 is 0. The van der Waals surface area contributed by atoms with Crippen LogP contribution in [-0.2, 0) is 16.8 Å². The summed E-state index contributed by atoms with van der Waals surface area (Å²) in [6.07, 6.45) is 10.0. The van der Waals surface area contributed by atoms with Gasteiger partial charge in [0, 0.05) is 23.2 Å². The van der Waals surface area contributed by atoms with Crippen molar-refractivity contribution in [1.29, 1.82) is 0 Å². The Morgan fingerprint density at radius 1 is 1.07 bits per heavy atom. The number of allylic oxidation sites excluding steroid dienone is 4. The van der Waals surface area contributed by atoms with E-state index in [1.54, 1.807) is 20.8 Å². The van der Waals surface area contributed by atoms with Crippen molar-refractivity contribution in [2.75, 3.05) is 0 Å². The van der Waals surface area contributed by atoms with Crippen molar-refractivity contribution in [1.82, 2.24) is 0 Å². The van der Waals surface area contributed by atoms with E-state index in [2.05, 4.69) is 10.4 Å². The third-order valence-electron chi connectivity index (χ3n) is 1.97. The summed E-state index contributed by atoms with van der Waals surface area (Å²) in [4.78, 5) is 19.8. The van der Waals surface area contributed by atoms with E-state index in [1.165, 1.54) is 0 Å². The fourth-order valence-corrected chi connectivity index (χ4v) is 0.526. The van der Waals surface area contributed by atoms with Crippen molar-refractivity contribution in [3.8, 4) is 0 Å². The van der Waals surface area contributed by atoms with Crippen LogP contribution in [0.5, 0.6) is 0 Å². The summed E-state index contributed by atoms with van der Waals surface area (Å²) in [6, 6.07) is -0.546. The van der Waals surface area contributed by atoms with Crippen LogP contribution >= 0.6 is 0 Å². The van der Waals surface area contributed by atoms with E-state index in [4.69, 9.17) is 0 Å². The third kappa shape index (κ3) is 7.15. The fraction of sp³-hybridized carbons (Fsp3) is 0.500. The van der Waals surface area contributed by atoms with E-state index in [0.29, 0.717) is 0 Å². The molecule has 0 aliphatic heterocycles. The Balaban J connectivity index is 0. The van der Waals surface area contributed by atoms with Crippen LogP contribution in [0.1, 0.15) is 20.8 Å². The molecule has 1 unspecified atom stereocenters. The van der Waals surface area contributed by atoms with Crippen molar-refractivity contribution in [2.45, 2.75) is 32.4 Å². The van der Waals surface area contributed by atoms with Gasteiger partial charge in [0.25, 0.3) is 0 Å². The molecule has 0 heterocycles. The Hall–Kier alpha value is -0.814. The van der Waals surface area contributed by atoms with Crippen LogP contribution in [0.2, 0.25) is 0 Å². The molecule has 0 amide bonds. The molecule has 86 valence electrons. The van der Waals surface area contributed by atoms with Gasteiger partial charge in [0.05, 0.1) is 0 Å². The summed E-state index contributed by atoms with van der Waals surface area (Å²) in [5.74, 6) is 0. The van der Waals surface area contributed by atoms with Gasteiger partial charge in [0.1, 0.15) is 11.6 Å². The SMILES string of the molecule is CC(N=O)C(C)(C)N=O.[CH]1C=CC=C1.[Co]. The fourth-order valence-electron chi connectivity index (χ4n) is 0.526. The minimum atomic E-state index is -0.859. The Labute approximate surface area is 100 Å². The van der Waals surface area contributed by atoms with Crippen LogP contribution in [0.25, 0.3) is 0 Å². The monoisotopic (exact) mass is 254 g/mol. The van der Waals surface area contributed by atoms with E-state index >= 15 is 0 Å². The van der Waals surface area contributed by atoms with Crippen LogP contribution in [0.3, 0.4) is 0 Å². The van der Waals surface area contributed by atoms with Gasteiger partial charge in [-0.3, -0.25) is 0 Å². The van der Waals surface area contributed by atoms with Gasteiger partial charge in [0.15, 0.2) is 0 Å². The molecule has 4 nitrogen and oxygen atoms in total. The molecule has 1 rings (SSSR count). The van der Waals surface area contributed by atoms with Crippen molar-refractivity contribution in [2.24, 2.45) is 10.4 Å². The number of hydrogen-bond acceptors (Lipinski definition) is 4. The molecule has 0 bridgehead atoms. The second-order valence-electron chi connectivity index (χ2n) is 3.49. The van der Waals surface area contributed by atoms with E-state index in [1.807, 2.05) is 30.7 Å². The van der Waals surface area contributed by atoms with Crippen molar-refractivity contribution in [3.05, 3.63) is 40.5 Å². The van der Waals surface area contributed by atoms with Gasteiger partial charge >= 0.3 is 0 Å². The van der Waals surface area contributed by atoms with Gasteiger partial charge in [0.2, 0.25) is 0 Å². The predicted molar refractivity (Wildman–Crippen MR) is 57.7 cm³/mol. The summed E-state index contributed by atoms with van der Waals surface area (Å²) < 4.78 is 0. The van der Waals surface area contributed by atoms with Gasteiger partial charge in [-0.05, 0) is 20.8 Å². The second-order valence-corrected chi connectivity index (χ2v) is 3.49. The maximum atomic E-state index is 9.98. The van der Waals surface area contributed by atoms with Gasteiger partial charge in [-0.15, -0.1) is 0 Å². The summed E-state index contributed by atoms with van der Waals surface area (Å²) in [6.45, 7) is 4.71. The Morgan fingerprint density at radius 3 is 1.67 bits per heavy atom. The molecule has 2 radical (unpaired) electrons. The molecule has 0 fully saturated rings. The summed E-state index contributed by atoms with van der Waals surface area (Å²) in [5, 5.41) is 5.43. The van der Waals surface area contributed by atoms with Crippen LogP contribution in [-0.4, -0.2) is 11.6 Å². The Kier molecular flexibility index (Phi) is 9.40. The quantitative estimate of drug-likeness (QED) is 0.727. The average Bonchev–Trinajstić information content (AvgIpc) is 2.74. The predicted octanol–water partition coefficient (Wildman–Crippen LogP) is 3.00. The molecule has 0 N–H and O–H groups in total. The van der Waals surface area contributed by atoms with Gasteiger partial charge < -0.3 is 0 Å².